The molecule has 0 fully saturated rings. The van der Waals surface area contributed by atoms with Crippen LogP contribution in [0.2, 0.25) is 5.02 Å². The molecule has 0 unspecified atom stereocenters. The number of hydrogen-bond acceptors (Lipinski definition) is 3. The van der Waals surface area contributed by atoms with Gasteiger partial charge in [0.05, 0.1) is 23.2 Å². The second kappa shape index (κ2) is 7.10. The van der Waals surface area contributed by atoms with Crippen LogP contribution in [0.15, 0.2) is 66.7 Å². The van der Waals surface area contributed by atoms with Gasteiger partial charge in [-0.25, -0.2) is 4.98 Å². The maximum Gasteiger partial charge on any atom is 0.138 e. The molecule has 5 heteroatoms. The number of hydrogen-bond donors (Lipinski definition) is 1. The summed E-state index contributed by atoms with van der Waals surface area (Å²) < 4.78 is 11.1. The lowest BCUT2D eigenvalue weighted by atomic mass is 10.2. The first-order valence-electron chi connectivity index (χ1n) is 8.23. The Morgan fingerprint density at radius 2 is 1.85 bits per heavy atom. The number of halogens is 1. The van der Waals surface area contributed by atoms with Crippen LogP contribution in [0, 0.1) is 0 Å². The molecule has 3 aromatic carbocycles. The number of imidazole rings is 1. The van der Waals surface area contributed by atoms with E-state index in [1.807, 2.05) is 66.7 Å². The first kappa shape index (κ1) is 16.5. The molecule has 4 nitrogen and oxygen atoms in total. The van der Waals surface area contributed by atoms with Crippen molar-refractivity contribution < 1.29 is 9.47 Å². The van der Waals surface area contributed by atoms with E-state index in [1.54, 1.807) is 7.11 Å². The van der Waals surface area contributed by atoms with Gasteiger partial charge in [0.15, 0.2) is 0 Å². The Hall–Kier alpha value is -2.98. The van der Waals surface area contributed by atoms with Gasteiger partial charge in [-0.1, -0.05) is 41.9 Å². The zero-order valence-corrected chi connectivity index (χ0v) is 15.0. The smallest absolute Gasteiger partial charge is 0.138 e. The molecule has 0 saturated heterocycles. The summed E-state index contributed by atoms with van der Waals surface area (Å²) in [6.07, 6.45) is 0. The molecule has 0 atom stereocenters. The van der Waals surface area contributed by atoms with Crippen molar-refractivity contribution in [1.29, 1.82) is 0 Å². The van der Waals surface area contributed by atoms with E-state index in [0.717, 1.165) is 33.7 Å². The monoisotopic (exact) mass is 364 g/mol. The number of aromatic nitrogens is 2. The third kappa shape index (κ3) is 3.37. The predicted octanol–water partition coefficient (Wildman–Crippen LogP) is 5.47. The van der Waals surface area contributed by atoms with Crippen LogP contribution < -0.4 is 9.47 Å². The lowest BCUT2D eigenvalue weighted by molar-refractivity contribution is 0.306. The van der Waals surface area contributed by atoms with Gasteiger partial charge in [-0.05, 0) is 35.9 Å². The summed E-state index contributed by atoms with van der Waals surface area (Å²) in [6.45, 7) is 0.477. The molecule has 0 aliphatic rings. The Balaban J connectivity index is 1.57. The summed E-state index contributed by atoms with van der Waals surface area (Å²) in [5.41, 5.74) is 3.79. The minimum atomic E-state index is 0.477. The van der Waals surface area contributed by atoms with Gasteiger partial charge in [-0.3, -0.25) is 0 Å². The van der Waals surface area contributed by atoms with Gasteiger partial charge in [0.25, 0.3) is 0 Å². The topological polar surface area (TPSA) is 47.1 Å². The SMILES string of the molecule is COc1ccc2nc(-c3ccc(OCc4ccccc4)c(Cl)c3)[nH]c2c1. The van der Waals surface area contributed by atoms with E-state index < -0.39 is 0 Å². The predicted molar refractivity (Wildman–Crippen MR) is 104 cm³/mol. The van der Waals surface area contributed by atoms with E-state index in [-0.39, 0.29) is 0 Å². The number of fused-ring (bicyclic) bond motifs is 1. The number of nitrogens with one attached hydrogen (secondary N) is 1. The first-order valence-corrected chi connectivity index (χ1v) is 8.61. The zero-order valence-electron chi connectivity index (χ0n) is 14.2. The number of H-pyrrole nitrogens is 1. The minimum Gasteiger partial charge on any atom is -0.497 e. The largest absolute Gasteiger partial charge is 0.497 e. The van der Waals surface area contributed by atoms with Gasteiger partial charge < -0.3 is 14.5 Å². The van der Waals surface area contributed by atoms with E-state index in [1.165, 1.54) is 0 Å². The van der Waals surface area contributed by atoms with Crippen LogP contribution in [0.25, 0.3) is 22.4 Å². The van der Waals surface area contributed by atoms with Crippen molar-refractivity contribution in [3.8, 4) is 22.9 Å². The summed E-state index contributed by atoms with van der Waals surface area (Å²) in [4.78, 5) is 7.91. The van der Waals surface area contributed by atoms with Gasteiger partial charge >= 0.3 is 0 Å². The molecule has 4 rings (SSSR count). The zero-order chi connectivity index (χ0) is 17.9. The van der Waals surface area contributed by atoms with Crippen molar-refractivity contribution in [1.82, 2.24) is 9.97 Å². The van der Waals surface area contributed by atoms with Crippen LogP contribution in [0.3, 0.4) is 0 Å². The Kier molecular flexibility index (Phi) is 4.50. The molecule has 26 heavy (non-hydrogen) atoms. The van der Waals surface area contributed by atoms with E-state index in [9.17, 15) is 0 Å². The van der Waals surface area contributed by atoms with E-state index in [4.69, 9.17) is 21.1 Å². The fourth-order valence-electron chi connectivity index (χ4n) is 2.75. The molecule has 4 aromatic rings. The second-order valence-electron chi connectivity index (χ2n) is 5.89. The standard InChI is InChI=1S/C21H17ClN2O2/c1-25-16-8-9-18-19(12-16)24-21(23-18)15-7-10-20(17(22)11-15)26-13-14-5-3-2-4-6-14/h2-12H,13H2,1H3,(H,23,24). The molecule has 0 aliphatic carbocycles. The van der Waals surface area contributed by atoms with Crippen LogP contribution in [-0.4, -0.2) is 17.1 Å². The highest BCUT2D eigenvalue weighted by Gasteiger charge is 2.10. The maximum absolute atomic E-state index is 6.41. The highest BCUT2D eigenvalue weighted by atomic mass is 35.5. The lowest BCUT2D eigenvalue weighted by Crippen LogP contribution is -1.95. The third-order valence-corrected chi connectivity index (χ3v) is 4.43. The molecular weight excluding hydrogens is 348 g/mol. The second-order valence-corrected chi connectivity index (χ2v) is 6.30. The van der Waals surface area contributed by atoms with E-state index in [2.05, 4.69) is 9.97 Å². The van der Waals surface area contributed by atoms with Gasteiger partial charge in [0.1, 0.15) is 23.9 Å². The molecular formula is C21H17ClN2O2. The number of nitrogens with zero attached hydrogens (tertiary/aromatic N) is 1. The molecule has 0 aliphatic heterocycles. The van der Waals surface area contributed by atoms with Crippen LogP contribution in [0.4, 0.5) is 0 Å². The molecule has 130 valence electrons. The van der Waals surface area contributed by atoms with E-state index in [0.29, 0.717) is 17.4 Å². The van der Waals surface area contributed by atoms with Crippen molar-refractivity contribution in [2.24, 2.45) is 0 Å². The van der Waals surface area contributed by atoms with Gasteiger partial charge in [0.2, 0.25) is 0 Å². The molecule has 1 heterocycles. The molecule has 1 aromatic heterocycles. The highest BCUT2D eigenvalue weighted by Crippen LogP contribution is 2.31. The quantitative estimate of drug-likeness (QED) is 0.510. The lowest BCUT2D eigenvalue weighted by Gasteiger charge is -2.09. The summed E-state index contributed by atoms with van der Waals surface area (Å²) >= 11 is 6.41. The molecule has 0 spiro atoms. The summed E-state index contributed by atoms with van der Waals surface area (Å²) in [5, 5.41) is 0.552. The average molecular weight is 365 g/mol. The minimum absolute atomic E-state index is 0.477. The Morgan fingerprint density at radius 1 is 1.00 bits per heavy atom. The number of benzene rings is 3. The van der Waals surface area contributed by atoms with Crippen molar-refractivity contribution >= 4 is 22.6 Å². The summed E-state index contributed by atoms with van der Waals surface area (Å²) in [6, 6.07) is 21.4. The van der Waals surface area contributed by atoms with Crippen molar-refractivity contribution in [3.05, 3.63) is 77.3 Å². The van der Waals surface area contributed by atoms with Gasteiger partial charge in [-0.15, -0.1) is 0 Å². The molecule has 0 saturated carbocycles. The molecule has 0 radical (unpaired) electrons. The fourth-order valence-corrected chi connectivity index (χ4v) is 2.99. The summed E-state index contributed by atoms with van der Waals surface area (Å²) in [5.74, 6) is 2.19. The third-order valence-electron chi connectivity index (χ3n) is 4.13. The van der Waals surface area contributed by atoms with Crippen molar-refractivity contribution in [2.45, 2.75) is 6.61 Å². The Bertz CT molecular complexity index is 1040. The molecule has 1 N–H and O–H groups in total. The molecule has 0 bridgehead atoms. The van der Waals surface area contributed by atoms with Crippen LogP contribution in [0.1, 0.15) is 5.56 Å². The average Bonchev–Trinajstić information content (AvgIpc) is 3.11. The highest BCUT2D eigenvalue weighted by molar-refractivity contribution is 6.32. The Labute approximate surface area is 156 Å². The van der Waals surface area contributed by atoms with Crippen LogP contribution >= 0.6 is 11.6 Å². The molecule has 0 amide bonds. The van der Waals surface area contributed by atoms with E-state index >= 15 is 0 Å². The normalized spacial score (nSPS) is 10.8. The number of rotatable bonds is 5. The van der Waals surface area contributed by atoms with Crippen molar-refractivity contribution in [2.75, 3.05) is 7.11 Å². The van der Waals surface area contributed by atoms with Crippen LogP contribution in [-0.2, 0) is 6.61 Å². The maximum atomic E-state index is 6.41. The van der Waals surface area contributed by atoms with Crippen molar-refractivity contribution in [3.63, 3.8) is 0 Å². The number of ether oxygens (including phenoxy) is 2. The first-order chi connectivity index (χ1) is 12.7. The summed E-state index contributed by atoms with van der Waals surface area (Å²) in [7, 11) is 1.65. The fraction of sp³-hybridized carbons (Fsp3) is 0.0952. The Morgan fingerprint density at radius 3 is 2.62 bits per heavy atom. The van der Waals surface area contributed by atoms with Gasteiger partial charge in [0, 0.05) is 11.6 Å². The van der Waals surface area contributed by atoms with Gasteiger partial charge in [-0.2, -0.15) is 0 Å². The number of methoxy groups -OCH3 is 1. The van der Waals surface area contributed by atoms with Crippen LogP contribution in [0.5, 0.6) is 11.5 Å². The number of aromatic amines is 1.